The number of hydrogen-bond donors (Lipinski definition) is 0. The normalized spacial score (nSPS) is 9.13. The standard InChI is InChI=1S/6C9H8FN.Mo/c6*1-6-4-8(10)5-7(2)9(6)11-3;/h6*4-5H,1-2H3;. The number of benzene rings is 6. The van der Waals surface area contributed by atoms with Crippen molar-refractivity contribution in [3.63, 3.8) is 0 Å². The molecule has 6 nitrogen and oxygen atoms in total. The monoisotopic (exact) mass is 992 g/mol. The van der Waals surface area contributed by atoms with E-state index in [9.17, 15) is 26.3 Å². The maximum absolute atomic E-state index is 12.6. The van der Waals surface area contributed by atoms with Gasteiger partial charge in [0.25, 0.3) is 0 Å². The minimum absolute atomic E-state index is 0. The molecule has 0 aromatic heterocycles. The second-order valence-corrected chi connectivity index (χ2v) is 15.0. The Balaban J connectivity index is 0.000000778. The molecule has 0 saturated carbocycles. The van der Waals surface area contributed by atoms with Crippen LogP contribution in [-0.4, -0.2) is 0 Å². The molecule has 0 aliphatic carbocycles. The third-order valence-electron chi connectivity index (χ3n) is 9.41. The molecule has 0 radical (unpaired) electrons. The van der Waals surface area contributed by atoms with Crippen LogP contribution in [0.4, 0.5) is 60.5 Å². The van der Waals surface area contributed by atoms with E-state index in [1.807, 2.05) is 0 Å². The molecular formula is C54H48F6MoN6. The van der Waals surface area contributed by atoms with E-state index in [0.717, 1.165) is 0 Å². The molecule has 67 heavy (non-hydrogen) atoms. The van der Waals surface area contributed by atoms with Gasteiger partial charge in [-0.15, -0.1) is 0 Å². The first-order valence-corrected chi connectivity index (χ1v) is 19.7. The van der Waals surface area contributed by atoms with Crippen LogP contribution in [0.1, 0.15) is 66.8 Å². The minimum Gasteiger partial charge on any atom is -0.238 e. The van der Waals surface area contributed by atoms with E-state index < -0.39 is 0 Å². The molecule has 0 heterocycles. The zero-order valence-corrected chi connectivity index (χ0v) is 41.3. The van der Waals surface area contributed by atoms with Crippen molar-refractivity contribution in [1.82, 2.24) is 0 Å². The van der Waals surface area contributed by atoms with Crippen molar-refractivity contribution in [2.75, 3.05) is 0 Å². The van der Waals surface area contributed by atoms with Crippen molar-refractivity contribution in [2.24, 2.45) is 0 Å². The van der Waals surface area contributed by atoms with Crippen molar-refractivity contribution < 1.29 is 47.4 Å². The van der Waals surface area contributed by atoms with Crippen LogP contribution in [0.25, 0.3) is 29.1 Å². The van der Waals surface area contributed by atoms with Crippen LogP contribution in [0.5, 0.6) is 0 Å². The van der Waals surface area contributed by atoms with Crippen LogP contribution in [0.3, 0.4) is 0 Å². The quantitative estimate of drug-likeness (QED) is 0.0824. The first-order chi connectivity index (χ1) is 30.9. The molecule has 13 heteroatoms. The summed E-state index contributed by atoms with van der Waals surface area (Å²) in [7, 11) is 0. The average Bonchev–Trinajstić information content (AvgIpc) is 3.18. The largest absolute Gasteiger partial charge is 0.238 e. The van der Waals surface area contributed by atoms with E-state index in [2.05, 4.69) is 29.1 Å². The second-order valence-electron chi connectivity index (χ2n) is 15.0. The third-order valence-corrected chi connectivity index (χ3v) is 9.41. The summed E-state index contributed by atoms with van der Waals surface area (Å²) in [6.45, 7) is 61.7. The number of hydrogen-bond acceptors (Lipinski definition) is 0. The van der Waals surface area contributed by atoms with E-state index in [1.54, 1.807) is 83.1 Å². The zero-order chi connectivity index (χ0) is 50.6. The van der Waals surface area contributed by atoms with E-state index in [1.165, 1.54) is 72.8 Å². The first-order valence-electron chi connectivity index (χ1n) is 19.7. The van der Waals surface area contributed by atoms with Crippen molar-refractivity contribution in [3.8, 4) is 0 Å². The van der Waals surface area contributed by atoms with Crippen LogP contribution < -0.4 is 0 Å². The summed E-state index contributed by atoms with van der Waals surface area (Å²) < 4.78 is 75.9. The number of aryl methyl sites for hydroxylation is 12. The molecule has 6 aromatic carbocycles. The van der Waals surface area contributed by atoms with Crippen molar-refractivity contribution in [2.45, 2.75) is 83.1 Å². The van der Waals surface area contributed by atoms with Gasteiger partial charge in [-0.05, 0) is 223 Å². The average molecular weight is 991 g/mol. The van der Waals surface area contributed by atoms with E-state index >= 15 is 0 Å². The Hall–Kier alpha value is -7.47. The predicted molar refractivity (Wildman–Crippen MR) is 253 cm³/mol. The maximum Gasteiger partial charge on any atom is 0.193 e. The Kier molecular flexibility index (Phi) is 25.3. The molecule has 342 valence electrons. The van der Waals surface area contributed by atoms with Gasteiger partial charge in [0.1, 0.15) is 34.9 Å². The van der Waals surface area contributed by atoms with Gasteiger partial charge in [0, 0.05) is 21.1 Å². The van der Waals surface area contributed by atoms with Gasteiger partial charge < -0.3 is 0 Å². The predicted octanol–water partition coefficient (Wildman–Crippen LogP) is 18.0. The van der Waals surface area contributed by atoms with Gasteiger partial charge in [-0.25, -0.2) is 55.4 Å². The van der Waals surface area contributed by atoms with Crippen LogP contribution in [0.2, 0.25) is 0 Å². The maximum atomic E-state index is 12.6. The Morgan fingerprint density at radius 3 is 0.358 bits per heavy atom. The molecule has 6 aromatic rings. The van der Waals surface area contributed by atoms with Crippen molar-refractivity contribution in [1.29, 1.82) is 0 Å². The van der Waals surface area contributed by atoms with E-state index in [-0.39, 0.29) is 56.0 Å². The second kappa shape index (κ2) is 28.4. The molecule has 0 spiro atoms. The van der Waals surface area contributed by atoms with Gasteiger partial charge in [-0.2, -0.15) is 0 Å². The smallest absolute Gasteiger partial charge is 0.193 e. The van der Waals surface area contributed by atoms with Gasteiger partial charge in [0.05, 0.1) is 39.4 Å². The van der Waals surface area contributed by atoms with Gasteiger partial charge in [0.2, 0.25) is 0 Å². The molecule has 6 rings (SSSR count). The summed E-state index contributed by atoms with van der Waals surface area (Å²) in [5.41, 5.74) is 11.8. The summed E-state index contributed by atoms with van der Waals surface area (Å²) in [6.07, 6.45) is 0. The SMILES string of the molecule is [C-]#[N+]c1c(C)cc(F)cc1C.[C-]#[N+]c1c(C)cc(F)cc1C.[C-]#[N+]c1c(C)cc(F)cc1C.[C-]#[N+]c1c(C)cc(F)cc1C.[C-]#[N+]c1c(C)cc(F)cc1C.[C-]#[N+]c1c(C)cc(F)cc1C.[Mo]. The molecule has 0 fully saturated rings. The first kappa shape index (κ1) is 59.5. The molecule has 0 N–H and O–H groups in total. The summed E-state index contributed by atoms with van der Waals surface area (Å²) >= 11 is 0. The van der Waals surface area contributed by atoms with Crippen molar-refractivity contribution in [3.05, 3.63) is 243 Å². The number of rotatable bonds is 0. The van der Waals surface area contributed by atoms with Crippen LogP contribution in [0.15, 0.2) is 72.8 Å². The molecule has 0 unspecified atom stereocenters. The summed E-state index contributed by atoms with van der Waals surface area (Å²) in [5, 5.41) is 0. The minimum atomic E-state index is -0.271. The Morgan fingerprint density at radius 1 is 0.224 bits per heavy atom. The summed E-state index contributed by atoms with van der Waals surface area (Å²) in [4.78, 5) is 19.8. The molecule has 0 aliphatic rings. The molecule has 0 saturated heterocycles. The van der Waals surface area contributed by atoms with Gasteiger partial charge >= 0.3 is 0 Å². The van der Waals surface area contributed by atoms with Crippen molar-refractivity contribution >= 4 is 34.1 Å². The number of nitrogens with zero attached hydrogens (tertiary/aromatic N) is 6. The summed E-state index contributed by atoms with van der Waals surface area (Å²) in [5.74, 6) is -1.63. The molecule has 0 amide bonds. The van der Waals surface area contributed by atoms with E-state index in [0.29, 0.717) is 101 Å². The fraction of sp³-hybridized carbons (Fsp3) is 0.222. The van der Waals surface area contributed by atoms with Gasteiger partial charge in [-0.1, -0.05) is 0 Å². The number of halogens is 6. The fourth-order valence-electron chi connectivity index (χ4n) is 6.48. The molecular weight excluding hydrogens is 943 g/mol. The fourth-order valence-corrected chi connectivity index (χ4v) is 6.48. The van der Waals surface area contributed by atoms with Crippen LogP contribution >= 0.6 is 0 Å². The molecule has 0 aliphatic heterocycles. The Morgan fingerprint density at radius 2 is 0.299 bits per heavy atom. The Bertz CT molecular complexity index is 2330. The van der Waals surface area contributed by atoms with Gasteiger partial charge in [0.15, 0.2) is 34.1 Å². The van der Waals surface area contributed by atoms with E-state index in [4.69, 9.17) is 39.4 Å². The van der Waals surface area contributed by atoms with Gasteiger partial charge in [-0.3, -0.25) is 0 Å². The van der Waals surface area contributed by atoms with Crippen LogP contribution in [0, 0.1) is 157 Å². The molecule has 0 bridgehead atoms. The molecule has 0 atom stereocenters. The summed E-state index contributed by atoms with van der Waals surface area (Å²) in [6, 6.07) is 16.5. The zero-order valence-electron chi connectivity index (χ0n) is 39.3. The van der Waals surface area contributed by atoms with Crippen LogP contribution in [-0.2, 0) is 21.1 Å². The Labute approximate surface area is 405 Å². The topological polar surface area (TPSA) is 26.2 Å². The third kappa shape index (κ3) is 18.5.